The number of aromatic amines is 1. The van der Waals surface area contributed by atoms with Crippen LogP contribution >= 0.6 is 0 Å². The molecule has 0 bridgehead atoms. The molecule has 1 aromatic carbocycles. The smallest absolute Gasteiger partial charge is 0.337 e. The number of benzene rings is 1. The van der Waals surface area contributed by atoms with Crippen LogP contribution in [0.3, 0.4) is 0 Å². The molecule has 0 atom stereocenters. The molecule has 2 N–H and O–H groups in total. The molecular formula is C13H10FNO4. The number of carbonyl (C=O) groups is 1. The van der Waals surface area contributed by atoms with Crippen molar-refractivity contribution in [3.63, 3.8) is 0 Å². The number of H-pyrrole nitrogens is 1. The zero-order chi connectivity index (χ0) is 14.0. The van der Waals surface area contributed by atoms with Gasteiger partial charge in [-0.25, -0.2) is 9.18 Å². The molecule has 0 radical (unpaired) electrons. The number of hydrogen-bond acceptors (Lipinski definition) is 3. The summed E-state index contributed by atoms with van der Waals surface area (Å²) in [6.07, 6.45) is 1.11. The van der Waals surface area contributed by atoms with Crippen molar-refractivity contribution in [2.75, 3.05) is 7.11 Å². The molecule has 5 nitrogen and oxygen atoms in total. The fourth-order valence-electron chi connectivity index (χ4n) is 1.65. The summed E-state index contributed by atoms with van der Waals surface area (Å²) >= 11 is 0. The highest BCUT2D eigenvalue weighted by Gasteiger charge is 2.11. The maximum atomic E-state index is 13.3. The molecule has 2 aromatic rings. The molecule has 1 heterocycles. The van der Waals surface area contributed by atoms with Crippen LogP contribution in [-0.2, 0) is 0 Å². The lowest BCUT2D eigenvalue weighted by atomic mass is 10.1. The normalized spacial score (nSPS) is 10.2. The number of carboxylic acids is 1. The highest BCUT2D eigenvalue weighted by molar-refractivity contribution is 5.88. The largest absolute Gasteiger partial charge is 0.494 e. The minimum atomic E-state index is -1.16. The number of rotatable bonds is 3. The number of ether oxygens (including phenoxy) is 1. The predicted octanol–water partition coefficient (Wildman–Crippen LogP) is 1.89. The lowest BCUT2D eigenvalue weighted by Gasteiger charge is -2.06. The number of halogens is 1. The van der Waals surface area contributed by atoms with Gasteiger partial charge in [0.15, 0.2) is 11.6 Å². The van der Waals surface area contributed by atoms with Gasteiger partial charge < -0.3 is 14.8 Å². The highest BCUT2D eigenvalue weighted by Crippen LogP contribution is 2.24. The van der Waals surface area contributed by atoms with Gasteiger partial charge in [-0.1, -0.05) is 6.07 Å². The van der Waals surface area contributed by atoms with Crippen molar-refractivity contribution in [1.82, 2.24) is 4.98 Å². The van der Waals surface area contributed by atoms with Crippen molar-refractivity contribution in [3.05, 3.63) is 52.2 Å². The third-order valence-electron chi connectivity index (χ3n) is 2.61. The second kappa shape index (κ2) is 4.93. The van der Waals surface area contributed by atoms with E-state index in [2.05, 4.69) is 4.98 Å². The molecule has 2 rings (SSSR count). The molecule has 0 aliphatic rings. The summed E-state index contributed by atoms with van der Waals surface area (Å²) in [5, 5.41) is 8.89. The summed E-state index contributed by atoms with van der Waals surface area (Å²) in [7, 11) is 1.31. The van der Waals surface area contributed by atoms with Gasteiger partial charge in [-0.15, -0.1) is 0 Å². The van der Waals surface area contributed by atoms with Crippen molar-refractivity contribution in [2.24, 2.45) is 0 Å². The van der Waals surface area contributed by atoms with Crippen molar-refractivity contribution < 1.29 is 19.0 Å². The molecule has 6 heteroatoms. The molecule has 0 amide bonds. The van der Waals surface area contributed by atoms with E-state index in [1.807, 2.05) is 0 Å². The van der Waals surface area contributed by atoms with Gasteiger partial charge in [-0.05, 0) is 23.8 Å². The molecule has 1 aromatic heterocycles. The van der Waals surface area contributed by atoms with E-state index in [0.29, 0.717) is 5.56 Å². The summed E-state index contributed by atoms with van der Waals surface area (Å²) in [5.41, 5.74) is -0.00245. The maximum Gasteiger partial charge on any atom is 0.337 e. The summed E-state index contributed by atoms with van der Waals surface area (Å²) in [6, 6.07) is 5.11. The minimum absolute atomic E-state index is 0.0161. The number of nitrogens with one attached hydrogen (secondary N) is 1. The van der Waals surface area contributed by atoms with Crippen LogP contribution in [0.4, 0.5) is 4.39 Å². The number of methoxy groups -OCH3 is 1. The third-order valence-corrected chi connectivity index (χ3v) is 2.61. The molecule has 0 saturated heterocycles. The van der Waals surface area contributed by atoms with Crippen LogP contribution in [0.2, 0.25) is 0 Å². The van der Waals surface area contributed by atoms with E-state index < -0.39 is 17.3 Å². The van der Waals surface area contributed by atoms with Crippen molar-refractivity contribution >= 4 is 5.97 Å². The van der Waals surface area contributed by atoms with Crippen LogP contribution in [0.15, 0.2) is 35.3 Å². The SMILES string of the molecule is COc1cc(-c2cc(C(=O)O)c[nH]c2=O)ccc1F. The molecule has 0 fully saturated rings. The summed E-state index contributed by atoms with van der Waals surface area (Å²) in [6.45, 7) is 0. The van der Waals surface area contributed by atoms with Crippen LogP contribution in [0.25, 0.3) is 11.1 Å². The first kappa shape index (κ1) is 12.8. The number of aromatic nitrogens is 1. The lowest BCUT2D eigenvalue weighted by Crippen LogP contribution is -2.11. The van der Waals surface area contributed by atoms with Crippen LogP contribution in [0.5, 0.6) is 5.75 Å². The summed E-state index contributed by atoms with van der Waals surface area (Å²) in [5.74, 6) is -1.73. The average molecular weight is 263 g/mol. The van der Waals surface area contributed by atoms with Crippen LogP contribution in [0.1, 0.15) is 10.4 Å². The zero-order valence-electron chi connectivity index (χ0n) is 9.94. The van der Waals surface area contributed by atoms with Gasteiger partial charge >= 0.3 is 5.97 Å². The molecule has 98 valence electrons. The Labute approximate surface area is 107 Å². The first-order chi connectivity index (χ1) is 9.02. The molecule has 0 aliphatic carbocycles. The Morgan fingerprint density at radius 1 is 1.37 bits per heavy atom. The number of pyridine rings is 1. The van der Waals surface area contributed by atoms with Crippen LogP contribution in [-0.4, -0.2) is 23.2 Å². The lowest BCUT2D eigenvalue weighted by molar-refractivity contribution is 0.0696. The molecule has 19 heavy (non-hydrogen) atoms. The van der Waals surface area contributed by atoms with Gasteiger partial charge in [-0.2, -0.15) is 0 Å². The fourth-order valence-corrected chi connectivity index (χ4v) is 1.65. The van der Waals surface area contributed by atoms with Gasteiger partial charge in [0.2, 0.25) is 0 Å². The van der Waals surface area contributed by atoms with E-state index in [0.717, 1.165) is 12.3 Å². The number of hydrogen-bond donors (Lipinski definition) is 2. The van der Waals surface area contributed by atoms with E-state index in [4.69, 9.17) is 9.84 Å². The van der Waals surface area contributed by atoms with Crippen molar-refractivity contribution in [3.8, 4) is 16.9 Å². The number of carboxylic acid groups (broad SMARTS) is 1. The Hall–Kier alpha value is -2.63. The predicted molar refractivity (Wildman–Crippen MR) is 66.0 cm³/mol. The summed E-state index contributed by atoms with van der Waals surface area (Å²) < 4.78 is 18.1. The first-order valence-electron chi connectivity index (χ1n) is 5.33. The molecule has 0 saturated carbocycles. The minimum Gasteiger partial charge on any atom is -0.494 e. The Morgan fingerprint density at radius 3 is 2.74 bits per heavy atom. The van der Waals surface area contributed by atoms with E-state index >= 15 is 0 Å². The Bertz CT molecular complexity index is 693. The van der Waals surface area contributed by atoms with Crippen LogP contribution in [0, 0.1) is 5.82 Å². The van der Waals surface area contributed by atoms with Gasteiger partial charge in [0.05, 0.1) is 12.7 Å². The van der Waals surface area contributed by atoms with Crippen molar-refractivity contribution in [2.45, 2.75) is 0 Å². The Morgan fingerprint density at radius 2 is 2.11 bits per heavy atom. The van der Waals surface area contributed by atoms with Gasteiger partial charge in [0.25, 0.3) is 5.56 Å². The summed E-state index contributed by atoms with van der Waals surface area (Å²) in [4.78, 5) is 24.9. The van der Waals surface area contributed by atoms with E-state index in [9.17, 15) is 14.0 Å². The molecule has 0 aliphatic heterocycles. The quantitative estimate of drug-likeness (QED) is 0.886. The topological polar surface area (TPSA) is 79.4 Å². The van der Waals surface area contributed by atoms with E-state index in [1.165, 1.54) is 25.3 Å². The molecule has 0 unspecified atom stereocenters. The Kier molecular flexibility index (Phi) is 3.33. The average Bonchev–Trinajstić information content (AvgIpc) is 2.40. The van der Waals surface area contributed by atoms with Gasteiger partial charge in [0.1, 0.15) is 0 Å². The zero-order valence-corrected chi connectivity index (χ0v) is 9.94. The highest BCUT2D eigenvalue weighted by atomic mass is 19.1. The standard InChI is InChI=1S/C13H10FNO4/c1-19-11-5-7(2-3-10(11)14)9-4-8(13(17)18)6-15-12(9)16/h2-6H,1H3,(H,15,16)(H,17,18). The fraction of sp³-hybridized carbons (Fsp3) is 0.0769. The second-order valence-corrected chi connectivity index (χ2v) is 3.79. The third kappa shape index (κ3) is 2.47. The van der Waals surface area contributed by atoms with Gasteiger partial charge in [0, 0.05) is 11.8 Å². The monoisotopic (exact) mass is 263 g/mol. The Balaban J connectivity index is 2.61. The first-order valence-corrected chi connectivity index (χ1v) is 5.33. The van der Waals surface area contributed by atoms with E-state index in [-0.39, 0.29) is 16.9 Å². The van der Waals surface area contributed by atoms with Crippen LogP contribution < -0.4 is 10.3 Å². The maximum absolute atomic E-state index is 13.3. The molecular weight excluding hydrogens is 253 g/mol. The second-order valence-electron chi connectivity index (χ2n) is 3.79. The van der Waals surface area contributed by atoms with Crippen molar-refractivity contribution in [1.29, 1.82) is 0 Å². The molecule has 0 spiro atoms. The van der Waals surface area contributed by atoms with E-state index in [1.54, 1.807) is 0 Å². The number of aromatic carboxylic acids is 1. The van der Waals surface area contributed by atoms with Gasteiger partial charge in [-0.3, -0.25) is 4.79 Å².